The molecule has 1 amide bonds. The average Bonchev–Trinajstić information content (AvgIpc) is 3.19. The maximum absolute atomic E-state index is 15.0. The summed E-state index contributed by atoms with van der Waals surface area (Å²) in [5, 5.41) is 7.91. The molecule has 0 unspecified atom stereocenters. The van der Waals surface area contributed by atoms with Crippen molar-refractivity contribution in [3.05, 3.63) is 77.5 Å². The van der Waals surface area contributed by atoms with Crippen molar-refractivity contribution in [2.24, 2.45) is 0 Å². The molecule has 4 aromatic rings. The second-order valence-corrected chi connectivity index (χ2v) is 9.22. The monoisotopic (exact) mass is 446 g/mol. The fraction of sp³-hybridized carbons (Fsp3) is 0.269. The molecule has 0 atom stereocenters. The van der Waals surface area contributed by atoms with Crippen LogP contribution in [0.5, 0.6) is 11.5 Å². The number of ether oxygens (including phenoxy) is 1. The number of amides is 1. The first kappa shape index (κ1) is 22.5. The predicted molar refractivity (Wildman–Crippen MR) is 127 cm³/mol. The Morgan fingerprint density at radius 3 is 2.64 bits per heavy atom. The maximum atomic E-state index is 15.0. The number of fused-ring (bicyclic) bond motifs is 1. The molecule has 0 aliphatic carbocycles. The van der Waals surface area contributed by atoms with Crippen LogP contribution in [0, 0.1) is 19.7 Å². The number of rotatable bonds is 5. The molecule has 33 heavy (non-hydrogen) atoms. The third-order valence-corrected chi connectivity index (χ3v) is 5.28. The number of anilines is 1. The summed E-state index contributed by atoms with van der Waals surface area (Å²) in [6.45, 7) is 9.82. The Morgan fingerprint density at radius 2 is 1.94 bits per heavy atom. The number of pyridine rings is 1. The van der Waals surface area contributed by atoms with Gasteiger partial charge in [-0.25, -0.2) is 4.39 Å². The van der Waals surface area contributed by atoms with Crippen LogP contribution in [0.1, 0.15) is 37.5 Å². The van der Waals surface area contributed by atoms with E-state index in [1.807, 2.05) is 45.9 Å². The first-order chi connectivity index (χ1) is 15.6. The molecule has 0 aliphatic rings. The minimum atomic E-state index is -0.518. The molecule has 0 saturated carbocycles. The van der Waals surface area contributed by atoms with Gasteiger partial charge in [-0.2, -0.15) is 5.10 Å². The van der Waals surface area contributed by atoms with Gasteiger partial charge in [-0.05, 0) is 70.0 Å². The molecule has 7 heteroatoms. The smallest absolute Gasteiger partial charge is 0.228 e. The summed E-state index contributed by atoms with van der Waals surface area (Å²) in [6.07, 6.45) is 5.06. The van der Waals surface area contributed by atoms with E-state index in [1.165, 1.54) is 6.07 Å². The number of aryl methyl sites for hydroxylation is 2. The van der Waals surface area contributed by atoms with E-state index in [0.29, 0.717) is 22.6 Å². The zero-order valence-electron chi connectivity index (χ0n) is 19.4. The first-order valence-electron chi connectivity index (χ1n) is 10.8. The highest BCUT2D eigenvalue weighted by Gasteiger charge is 2.17. The van der Waals surface area contributed by atoms with Gasteiger partial charge >= 0.3 is 0 Å². The lowest BCUT2D eigenvalue weighted by atomic mass is 10.1. The number of nitrogens with one attached hydrogen (secondary N) is 1. The Labute approximate surface area is 192 Å². The molecule has 0 bridgehead atoms. The van der Waals surface area contributed by atoms with Crippen LogP contribution >= 0.6 is 0 Å². The molecule has 1 N–H and O–H groups in total. The normalized spacial score (nSPS) is 11.6. The fourth-order valence-electron chi connectivity index (χ4n) is 3.61. The Hall–Kier alpha value is -3.74. The van der Waals surface area contributed by atoms with Crippen molar-refractivity contribution in [2.75, 3.05) is 5.32 Å². The molecule has 170 valence electrons. The van der Waals surface area contributed by atoms with Crippen LogP contribution in [0.15, 0.2) is 55.0 Å². The Balaban J connectivity index is 1.51. The van der Waals surface area contributed by atoms with E-state index in [9.17, 15) is 4.79 Å². The molecule has 0 aliphatic heterocycles. The number of carbonyl (C=O) groups is 1. The molecular weight excluding hydrogens is 419 g/mol. The molecule has 2 aromatic heterocycles. The number of carbonyl (C=O) groups excluding carboxylic acids is 1. The van der Waals surface area contributed by atoms with E-state index in [4.69, 9.17) is 4.74 Å². The molecule has 2 aromatic carbocycles. The van der Waals surface area contributed by atoms with Crippen LogP contribution in [-0.2, 0) is 16.8 Å². The number of halogens is 1. The van der Waals surface area contributed by atoms with Gasteiger partial charge < -0.3 is 10.1 Å². The topological polar surface area (TPSA) is 69.0 Å². The molecule has 0 saturated heterocycles. The van der Waals surface area contributed by atoms with E-state index in [1.54, 1.807) is 42.3 Å². The van der Waals surface area contributed by atoms with Crippen LogP contribution in [-0.4, -0.2) is 20.7 Å². The van der Waals surface area contributed by atoms with Gasteiger partial charge in [-0.15, -0.1) is 0 Å². The Kier molecular flexibility index (Phi) is 5.89. The molecule has 2 heterocycles. The van der Waals surface area contributed by atoms with Gasteiger partial charge in [-0.3, -0.25) is 14.5 Å². The quantitative estimate of drug-likeness (QED) is 0.413. The Bertz CT molecular complexity index is 1310. The summed E-state index contributed by atoms with van der Waals surface area (Å²) in [6, 6.07) is 10.7. The second-order valence-electron chi connectivity index (χ2n) is 9.22. The summed E-state index contributed by atoms with van der Waals surface area (Å²) in [5.74, 6) is -0.0887. The molecule has 0 fully saturated rings. The highest BCUT2D eigenvalue weighted by atomic mass is 19.1. The van der Waals surface area contributed by atoms with Crippen molar-refractivity contribution in [1.29, 1.82) is 0 Å². The van der Waals surface area contributed by atoms with Crippen LogP contribution < -0.4 is 10.1 Å². The lowest BCUT2D eigenvalue weighted by molar-refractivity contribution is -0.115. The largest absolute Gasteiger partial charge is 0.453 e. The average molecular weight is 447 g/mol. The van der Waals surface area contributed by atoms with E-state index >= 15 is 4.39 Å². The highest BCUT2D eigenvalue weighted by molar-refractivity contribution is 5.92. The van der Waals surface area contributed by atoms with Crippen LogP contribution in [0.2, 0.25) is 0 Å². The number of hydrogen-bond acceptors (Lipinski definition) is 4. The molecule has 0 spiro atoms. The van der Waals surface area contributed by atoms with Gasteiger partial charge in [0.25, 0.3) is 0 Å². The highest BCUT2D eigenvalue weighted by Crippen LogP contribution is 2.33. The molecule has 4 rings (SSSR count). The number of aromatic nitrogens is 3. The van der Waals surface area contributed by atoms with Crippen molar-refractivity contribution in [3.8, 4) is 11.5 Å². The van der Waals surface area contributed by atoms with Gasteiger partial charge in [0.1, 0.15) is 5.75 Å². The standard InChI is InChI=1S/C26H27FN4O2/c1-16-6-7-22-20(10-16)23(8-9-28-22)33-25-17(2)11-18(12-21(25)27)13-24(32)30-19-14-29-31(15-19)26(3,4)5/h6-12,14-15H,13H2,1-5H3,(H,30,32). The third kappa shape index (κ3) is 5.03. The number of hydrogen-bond donors (Lipinski definition) is 1. The van der Waals surface area contributed by atoms with Gasteiger partial charge in [0.15, 0.2) is 11.6 Å². The molecule has 6 nitrogen and oxygen atoms in total. The SMILES string of the molecule is Cc1ccc2nccc(Oc3c(C)cc(CC(=O)Nc4cnn(C(C)(C)C)c4)cc3F)c2c1. The van der Waals surface area contributed by atoms with Gasteiger partial charge in [0.2, 0.25) is 5.91 Å². The van der Waals surface area contributed by atoms with Gasteiger partial charge in [0, 0.05) is 17.8 Å². The van der Waals surface area contributed by atoms with Crippen molar-refractivity contribution >= 4 is 22.5 Å². The number of benzene rings is 2. The fourth-order valence-corrected chi connectivity index (χ4v) is 3.61. The van der Waals surface area contributed by atoms with Gasteiger partial charge in [-0.1, -0.05) is 17.7 Å². The lowest BCUT2D eigenvalue weighted by Crippen LogP contribution is -2.22. The maximum Gasteiger partial charge on any atom is 0.228 e. The van der Waals surface area contributed by atoms with Crippen molar-refractivity contribution in [2.45, 2.75) is 46.6 Å². The van der Waals surface area contributed by atoms with E-state index in [0.717, 1.165) is 16.5 Å². The zero-order valence-corrected chi connectivity index (χ0v) is 19.4. The summed E-state index contributed by atoms with van der Waals surface area (Å²) in [7, 11) is 0. The molecule has 0 radical (unpaired) electrons. The number of nitrogens with zero attached hydrogens (tertiary/aromatic N) is 3. The third-order valence-electron chi connectivity index (χ3n) is 5.28. The van der Waals surface area contributed by atoms with E-state index in [-0.39, 0.29) is 23.6 Å². The van der Waals surface area contributed by atoms with Crippen molar-refractivity contribution < 1.29 is 13.9 Å². The van der Waals surface area contributed by atoms with Gasteiger partial charge in [0.05, 0.1) is 29.4 Å². The van der Waals surface area contributed by atoms with Crippen molar-refractivity contribution in [3.63, 3.8) is 0 Å². The summed E-state index contributed by atoms with van der Waals surface area (Å²) in [5.41, 5.74) is 3.43. The summed E-state index contributed by atoms with van der Waals surface area (Å²) < 4.78 is 22.8. The van der Waals surface area contributed by atoms with Crippen LogP contribution in [0.3, 0.4) is 0 Å². The van der Waals surface area contributed by atoms with Crippen LogP contribution in [0.4, 0.5) is 10.1 Å². The minimum Gasteiger partial charge on any atom is -0.453 e. The predicted octanol–water partition coefficient (Wildman–Crippen LogP) is 5.92. The summed E-state index contributed by atoms with van der Waals surface area (Å²) in [4.78, 5) is 16.9. The lowest BCUT2D eigenvalue weighted by Gasteiger charge is -2.18. The Morgan fingerprint density at radius 1 is 1.15 bits per heavy atom. The van der Waals surface area contributed by atoms with E-state index in [2.05, 4.69) is 15.4 Å². The van der Waals surface area contributed by atoms with E-state index < -0.39 is 5.82 Å². The minimum absolute atomic E-state index is 0.0378. The van der Waals surface area contributed by atoms with Crippen molar-refractivity contribution in [1.82, 2.24) is 14.8 Å². The van der Waals surface area contributed by atoms with Crippen LogP contribution in [0.25, 0.3) is 10.9 Å². The first-order valence-corrected chi connectivity index (χ1v) is 10.8. The second kappa shape index (κ2) is 8.65. The summed E-state index contributed by atoms with van der Waals surface area (Å²) >= 11 is 0. The molecular formula is C26H27FN4O2. The zero-order chi connectivity index (χ0) is 23.8.